The predicted molar refractivity (Wildman–Crippen MR) is 326 cm³/mol. The van der Waals surface area contributed by atoms with Crippen LogP contribution in [-0.4, -0.2) is 234 Å². The molecule has 4 saturated heterocycles. The minimum Gasteiger partial charge on any atom is -0.387 e. The average Bonchev–Trinajstić information content (AvgIpc) is 1.64. The van der Waals surface area contributed by atoms with Crippen LogP contribution in [0.25, 0.3) is 44.7 Å². The highest BCUT2D eigenvalue weighted by Gasteiger charge is 2.55. The summed E-state index contributed by atoms with van der Waals surface area (Å²) in [7, 11) is 3.88. The third-order valence-electron chi connectivity index (χ3n) is 15.2. The molecule has 0 saturated carbocycles. The molecule has 4 aliphatic heterocycles. The van der Waals surface area contributed by atoms with Crippen molar-refractivity contribution in [3.05, 3.63) is 56.3 Å². The van der Waals surface area contributed by atoms with Crippen molar-refractivity contribution in [2.75, 3.05) is 65.0 Å². The number of nitrogens with zero attached hydrogens (tertiary/aromatic N) is 16. The molecule has 12 heterocycles. The molecule has 0 aliphatic carbocycles. The number of methoxy groups -OCH3 is 3. The maximum atomic E-state index is 12.2. The maximum Gasteiger partial charge on any atom is 0.325 e. The zero-order chi connectivity index (χ0) is 65.3. The number of aromatic nitrogens is 16. The first-order chi connectivity index (χ1) is 43.8. The van der Waals surface area contributed by atoms with Gasteiger partial charge in [0.05, 0.1) is 57.4 Å². The lowest BCUT2D eigenvalue weighted by atomic mass is 10.1. The fourth-order valence-corrected chi connectivity index (χ4v) is 15.8. The highest BCUT2D eigenvalue weighted by molar-refractivity contribution is 8.08. The highest BCUT2D eigenvalue weighted by Crippen LogP contribution is 2.56. The van der Waals surface area contributed by atoms with E-state index in [9.17, 15) is 34.7 Å². The van der Waals surface area contributed by atoms with Gasteiger partial charge < -0.3 is 103 Å². The summed E-state index contributed by atoms with van der Waals surface area (Å²) in [4.78, 5) is 107. The van der Waals surface area contributed by atoms with E-state index in [1.165, 1.54) is 90.2 Å². The molecule has 0 spiro atoms. The Morgan fingerprint density at radius 2 is 0.717 bits per heavy atom. The number of aryl methyl sites for hydroxylation is 1. The lowest BCUT2D eigenvalue weighted by Crippen LogP contribution is -2.39. The summed E-state index contributed by atoms with van der Waals surface area (Å²) in [6.45, 7) is -18.3. The minimum atomic E-state index is -4.57. The van der Waals surface area contributed by atoms with Crippen molar-refractivity contribution < 1.29 is 99.5 Å². The van der Waals surface area contributed by atoms with E-state index in [2.05, 4.69) is 71.6 Å². The van der Waals surface area contributed by atoms with Crippen LogP contribution in [0, 0.1) is 6.92 Å². The second-order valence-corrected chi connectivity index (χ2v) is 31.7. The fraction of sp³-hybridized carbons (Fsp3) is 0.545. The summed E-state index contributed by atoms with van der Waals surface area (Å²) in [6.07, 6.45) is -10.9. The van der Waals surface area contributed by atoms with Gasteiger partial charge in [-0.25, -0.2) is 59.8 Å². The molecule has 0 bridgehead atoms. The summed E-state index contributed by atoms with van der Waals surface area (Å²) in [6, 6.07) is 0. The summed E-state index contributed by atoms with van der Waals surface area (Å²) < 4.78 is 90.4. The van der Waals surface area contributed by atoms with E-state index < -0.39 is 151 Å². The highest BCUT2D eigenvalue weighted by atomic mass is 32.5. The Kier molecular flexibility index (Phi) is 19.6. The zero-order valence-electron chi connectivity index (χ0n) is 47.8. The van der Waals surface area contributed by atoms with E-state index in [-0.39, 0.29) is 50.9 Å². The molecular formula is C44H57N19O21P4S4. The Labute approximate surface area is 537 Å². The molecule has 4 fully saturated rings. The van der Waals surface area contributed by atoms with Crippen LogP contribution in [-0.2, 0) is 112 Å². The number of anilines is 3. The van der Waals surface area contributed by atoms with Gasteiger partial charge in [0.25, 0.3) is 0 Å². The molecule has 498 valence electrons. The topological polar surface area (TPSA) is 523 Å². The lowest BCUT2D eigenvalue weighted by Gasteiger charge is -2.29. The second-order valence-electron chi connectivity index (χ2n) is 20.7. The van der Waals surface area contributed by atoms with Gasteiger partial charge in [-0.05, 0) is 54.2 Å². The zero-order valence-corrected chi connectivity index (χ0v) is 54.7. The molecule has 8 aromatic rings. The minimum absolute atomic E-state index is 0.00460. The van der Waals surface area contributed by atoms with E-state index in [0.29, 0.717) is 16.9 Å². The number of hydrogen-bond donors (Lipinski definition) is 10. The SMILES string of the molecule is COC1C(COP(O)(O)=S)OC(n2cnc3c(N)ncnc32)C1OP(O)(=S)OCC1OC(n2cnc3c(N)ncnc32)C(OP(O)(=S)OCC2OC(n3cnc4c(N)ncnc43)C(OP(O)(=S)OCC3OC(n4cnc5c(C)ncnc54)C(O)C3O)C2OC)C1OC. The first-order valence-corrected chi connectivity index (χ1v) is 37.3. The number of ether oxygens (including phenoxy) is 7. The molecule has 92 heavy (non-hydrogen) atoms. The van der Waals surface area contributed by atoms with E-state index in [1.54, 1.807) is 6.92 Å². The average molecular weight is 1440 g/mol. The van der Waals surface area contributed by atoms with Crippen LogP contribution in [0.2, 0.25) is 0 Å². The predicted octanol–water partition coefficient (Wildman–Crippen LogP) is -1.16. The first kappa shape index (κ1) is 67.3. The fourth-order valence-electron chi connectivity index (χ4n) is 11.0. The molecule has 0 aromatic carbocycles. The number of aliphatic hydroxyl groups excluding tert-OH is 2. The van der Waals surface area contributed by atoms with Crippen LogP contribution < -0.4 is 17.2 Å². The van der Waals surface area contributed by atoms with Crippen molar-refractivity contribution >= 4 is 136 Å². The molecule has 19 unspecified atom stereocenters. The van der Waals surface area contributed by atoms with Crippen molar-refractivity contribution in [2.24, 2.45) is 0 Å². The Bertz CT molecular complexity index is 4220. The Balaban J connectivity index is 0.772. The normalized spacial score (nSPS) is 30.7. The maximum absolute atomic E-state index is 12.2. The standard InChI is InChI=1S/C44H57N19O21P4S4/c1-17-22-37(52-9-48-17)60(13-56-22)41-27(65)26(64)18(78-41)5-75-86(68,90)82-32-29(72-3)20(80-43(32)62-15-58-24-35(46)50-11-54-39(24)62)7-77-88(70,92)84-33-30(73-4)21(81-44(33)63-16-59-25-36(47)51-12-55-40(25)63)8-76-87(69,91)83-31-28(71-2)19(6-74-85(66,67)89)79-42(31)61-14-57-23-34(45)49-10-53-38(23)61/h9-16,18-21,26-33,41-44,64-65H,5-8H2,1-4H3,(H,68,90)(H,69,91)(H,70,92)(H2,45,49,53)(H2,46,50,54)(H2,47,51,55)(H2,66,67,89). The number of aliphatic hydroxyl groups is 2. The molecule has 40 nitrogen and oxygen atoms in total. The molecule has 4 aliphatic rings. The molecule has 12 rings (SSSR count). The van der Waals surface area contributed by atoms with Crippen LogP contribution in [0.15, 0.2) is 50.6 Å². The first-order valence-electron chi connectivity index (χ1n) is 26.9. The van der Waals surface area contributed by atoms with Gasteiger partial charge in [-0.3, -0.25) is 31.8 Å². The monoisotopic (exact) mass is 1440 g/mol. The quantitative estimate of drug-likeness (QED) is 0.0302. The van der Waals surface area contributed by atoms with Crippen LogP contribution in [0.5, 0.6) is 0 Å². The third-order valence-corrected chi connectivity index (χ3v) is 20.7. The van der Waals surface area contributed by atoms with Crippen LogP contribution >= 0.6 is 26.9 Å². The van der Waals surface area contributed by atoms with Crippen LogP contribution in [0.3, 0.4) is 0 Å². The molecule has 0 amide bonds. The number of nitrogens with two attached hydrogens (primary N) is 3. The van der Waals surface area contributed by atoms with Gasteiger partial charge in [0.1, 0.15) is 121 Å². The van der Waals surface area contributed by atoms with E-state index in [1.807, 2.05) is 0 Å². The molecule has 48 heteroatoms. The van der Waals surface area contributed by atoms with Crippen molar-refractivity contribution in [1.29, 1.82) is 0 Å². The van der Waals surface area contributed by atoms with E-state index in [0.717, 1.165) is 0 Å². The van der Waals surface area contributed by atoms with Gasteiger partial charge >= 0.3 is 26.9 Å². The van der Waals surface area contributed by atoms with Gasteiger partial charge in [0.2, 0.25) is 0 Å². The van der Waals surface area contributed by atoms with Crippen molar-refractivity contribution in [3.63, 3.8) is 0 Å². The summed E-state index contributed by atoms with van der Waals surface area (Å²) in [5.41, 5.74) is 20.7. The van der Waals surface area contributed by atoms with E-state index in [4.69, 9.17) is 117 Å². The molecular weight excluding hydrogens is 1380 g/mol. The van der Waals surface area contributed by atoms with Gasteiger partial charge in [-0.15, -0.1) is 0 Å². The second kappa shape index (κ2) is 26.8. The number of fused-ring (bicyclic) bond motifs is 4. The van der Waals surface area contributed by atoms with Crippen LogP contribution in [0.1, 0.15) is 30.6 Å². The Morgan fingerprint density at radius 3 is 1.08 bits per heavy atom. The summed E-state index contributed by atoms with van der Waals surface area (Å²) >= 11 is 21.5. The molecule has 13 N–H and O–H groups in total. The van der Waals surface area contributed by atoms with Crippen molar-refractivity contribution in [1.82, 2.24) is 78.1 Å². The lowest BCUT2D eigenvalue weighted by molar-refractivity contribution is -0.0608. The largest absolute Gasteiger partial charge is 0.387 e. The third kappa shape index (κ3) is 13.5. The molecule has 19 atom stereocenters. The van der Waals surface area contributed by atoms with Crippen molar-refractivity contribution in [3.8, 4) is 0 Å². The van der Waals surface area contributed by atoms with Gasteiger partial charge in [0.15, 0.2) is 65.0 Å². The van der Waals surface area contributed by atoms with Gasteiger partial charge in [-0.1, -0.05) is 0 Å². The summed E-state index contributed by atoms with van der Waals surface area (Å²) in [5, 5.41) is 22.3. The molecule has 0 radical (unpaired) electrons. The van der Waals surface area contributed by atoms with Gasteiger partial charge in [0, 0.05) is 21.3 Å². The number of rotatable bonds is 25. The smallest absolute Gasteiger partial charge is 0.325 e. The van der Waals surface area contributed by atoms with Gasteiger partial charge in [-0.2, -0.15) is 0 Å². The number of hydrogen-bond acceptors (Lipinski definition) is 35. The van der Waals surface area contributed by atoms with E-state index >= 15 is 0 Å². The Morgan fingerprint density at radius 1 is 0.413 bits per heavy atom. The van der Waals surface area contributed by atoms with Crippen molar-refractivity contribution in [2.45, 2.75) is 105 Å². The Hall–Kier alpha value is -4.64. The van der Waals surface area contributed by atoms with Crippen LogP contribution in [0.4, 0.5) is 17.5 Å². The number of nitrogen functional groups attached to an aromatic ring is 3. The number of imidazole rings is 4. The summed E-state index contributed by atoms with van der Waals surface area (Å²) in [5.74, 6) is 0.0545. The molecule has 8 aromatic heterocycles.